The summed E-state index contributed by atoms with van der Waals surface area (Å²) in [7, 11) is 1.79. The Hall–Kier alpha value is -0.900. The number of aromatic nitrogens is 3. The van der Waals surface area contributed by atoms with E-state index in [1.54, 1.807) is 11.7 Å². The van der Waals surface area contributed by atoms with E-state index >= 15 is 0 Å². The smallest absolute Gasteiger partial charge is 0.158 e. The predicted octanol–water partition coefficient (Wildman–Crippen LogP) is 0.823. The van der Waals surface area contributed by atoms with Crippen molar-refractivity contribution in [1.82, 2.24) is 14.8 Å². The third-order valence-electron chi connectivity index (χ3n) is 2.30. The van der Waals surface area contributed by atoms with Crippen LogP contribution in [0.4, 0.5) is 0 Å². The van der Waals surface area contributed by atoms with Crippen LogP contribution in [0.25, 0.3) is 0 Å². The Bertz CT molecular complexity index is 253. The van der Waals surface area contributed by atoms with Crippen LogP contribution >= 0.6 is 0 Å². The van der Waals surface area contributed by atoms with Crippen molar-refractivity contribution in [2.75, 3.05) is 0 Å². The fourth-order valence-electron chi connectivity index (χ4n) is 1.28. The second kappa shape index (κ2) is 3.23. The zero-order valence-electron chi connectivity index (χ0n) is 7.78. The summed E-state index contributed by atoms with van der Waals surface area (Å²) in [5, 5.41) is 14.0. The van der Waals surface area contributed by atoms with Gasteiger partial charge < -0.3 is 5.11 Å². The first kappa shape index (κ1) is 9.19. The highest BCUT2D eigenvalue weighted by molar-refractivity contribution is 4.99. The van der Waals surface area contributed by atoms with Crippen LogP contribution in [-0.4, -0.2) is 19.9 Å². The van der Waals surface area contributed by atoms with E-state index in [0.29, 0.717) is 18.7 Å². The molecule has 0 spiro atoms. The number of aliphatic hydroxyl groups is 1. The van der Waals surface area contributed by atoms with E-state index in [2.05, 4.69) is 10.1 Å². The molecule has 0 aromatic carbocycles. The number of rotatable bonds is 3. The van der Waals surface area contributed by atoms with Gasteiger partial charge in [-0.3, -0.25) is 4.68 Å². The Morgan fingerprint density at radius 1 is 1.50 bits per heavy atom. The van der Waals surface area contributed by atoms with E-state index in [4.69, 9.17) is 0 Å². The summed E-state index contributed by atoms with van der Waals surface area (Å²) in [6.45, 7) is 3.89. The van der Waals surface area contributed by atoms with E-state index < -0.39 is 5.60 Å². The Balaban J connectivity index is 3.02. The van der Waals surface area contributed by atoms with Crippen molar-refractivity contribution in [3.05, 3.63) is 12.2 Å². The van der Waals surface area contributed by atoms with Gasteiger partial charge in [-0.05, 0) is 12.8 Å². The first-order chi connectivity index (χ1) is 5.64. The van der Waals surface area contributed by atoms with Crippen molar-refractivity contribution in [3.63, 3.8) is 0 Å². The van der Waals surface area contributed by atoms with E-state index in [9.17, 15) is 5.11 Å². The van der Waals surface area contributed by atoms with Crippen LogP contribution in [0.2, 0.25) is 0 Å². The average molecular weight is 169 g/mol. The molecule has 1 heterocycles. The zero-order chi connectivity index (χ0) is 9.19. The van der Waals surface area contributed by atoms with Gasteiger partial charge in [0.25, 0.3) is 0 Å². The Morgan fingerprint density at radius 3 is 2.42 bits per heavy atom. The molecule has 0 atom stereocenters. The number of hydrogen-bond acceptors (Lipinski definition) is 3. The lowest BCUT2D eigenvalue weighted by molar-refractivity contribution is 0.0158. The van der Waals surface area contributed by atoms with Crippen LogP contribution in [0.1, 0.15) is 32.5 Å². The minimum Gasteiger partial charge on any atom is -0.382 e. The van der Waals surface area contributed by atoms with E-state index in [1.165, 1.54) is 6.33 Å². The van der Waals surface area contributed by atoms with Crippen LogP contribution < -0.4 is 0 Å². The summed E-state index contributed by atoms with van der Waals surface area (Å²) in [6, 6.07) is 0. The molecule has 4 heteroatoms. The minimum atomic E-state index is -0.814. The monoisotopic (exact) mass is 169 g/mol. The molecule has 1 N–H and O–H groups in total. The quantitative estimate of drug-likeness (QED) is 0.729. The molecule has 1 rings (SSSR count). The lowest BCUT2D eigenvalue weighted by Crippen LogP contribution is -2.27. The maximum Gasteiger partial charge on any atom is 0.158 e. The molecular weight excluding hydrogens is 154 g/mol. The van der Waals surface area contributed by atoms with Gasteiger partial charge in [0.1, 0.15) is 11.9 Å². The molecule has 1 aromatic heterocycles. The largest absolute Gasteiger partial charge is 0.382 e. The van der Waals surface area contributed by atoms with Gasteiger partial charge in [0.05, 0.1) is 0 Å². The minimum absolute atomic E-state index is 0.646. The second-order valence-corrected chi connectivity index (χ2v) is 2.95. The second-order valence-electron chi connectivity index (χ2n) is 2.95. The third kappa shape index (κ3) is 1.34. The van der Waals surface area contributed by atoms with E-state index in [0.717, 1.165) is 0 Å². The molecule has 0 radical (unpaired) electrons. The fraction of sp³-hybridized carbons (Fsp3) is 0.750. The predicted molar refractivity (Wildman–Crippen MR) is 45.5 cm³/mol. The summed E-state index contributed by atoms with van der Waals surface area (Å²) in [4.78, 5) is 4.03. The van der Waals surface area contributed by atoms with Crippen LogP contribution in [0.15, 0.2) is 6.33 Å². The fourth-order valence-corrected chi connectivity index (χ4v) is 1.28. The van der Waals surface area contributed by atoms with Crippen molar-refractivity contribution in [2.24, 2.45) is 7.05 Å². The topological polar surface area (TPSA) is 50.9 Å². The van der Waals surface area contributed by atoms with Crippen LogP contribution in [-0.2, 0) is 12.6 Å². The molecule has 0 bridgehead atoms. The van der Waals surface area contributed by atoms with Gasteiger partial charge in [0, 0.05) is 7.05 Å². The summed E-state index contributed by atoms with van der Waals surface area (Å²) < 4.78 is 1.62. The van der Waals surface area contributed by atoms with Gasteiger partial charge >= 0.3 is 0 Å². The summed E-state index contributed by atoms with van der Waals surface area (Å²) in [6.07, 6.45) is 2.79. The van der Waals surface area contributed by atoms with Crippen molar-refractivity contribution < 1.29 is 5.11 Å². The Labute approximate surface area is 72.2 Å². The first-order valence-electron chi connectivity index (χ1n) is 4.21. The maximum atomic E-state index is 10.0. The van der Waals surface area contributed by atoms with Gasteiger partial charge in [0.2, 0.25) is 0 Å². The van der Waals surface area contributed by atoms with Crippen LogP contribution in [0.3, 0.4) is 0 Å². The normalized spacial score (nSPS) is 12.0. The average Bonchev–Trinajstić information content (AvgIpc) is 2.51. The van der Waals surface area contributed by atoms with Gasteiger partial charge in [0.15, 0.2) is 5.82 Å². The van der Waals surface area contributed by atoms with Crippen molar-refractivity contribution >= 4 is 0 Å². The Kier molecular flexibility index (Phi) is 2.47. The molecule has 0 aliphatic carbocycles. The molecule has 0 saturated heterocycles. The van der Waals surface area contributed by atoms with Gasteiger partial charge in [-0.1, -0.05) is 13.8 Å². The Morgan fingerprint density at radius 2 is 2.08 bits per heavy atom. The molecule has 4 nitrogen and oxygen atoms in total. The number of hydrogen-bond donors (Lipinski definition) is 1. The first-order valence-corrected chi connectivity index (χ1v) is 4.21. The highest BCUT2D eigenvalue weighted by Crippen LogP contribution is 2.25. The molecule has 0 aliphatic heterocycles. The molecule has 0 fully saturated rings. The van der Waals surface area contributed by atoms with Crippen molar-refractivity contribution in [2.45, 2.75) is 32.3 Å². The summed E-state index contributed by atoms with van der Waals surface area (Å²) in [5.74, 6) is 0.646. The van der Waals surface area contributed by atoms with Gasteiger partial charge in [-0.2, -0.15) is 5.10 Å². The molecule has 12 heavy (non-hydrogen) atoms. The molecular formula is C8H15N3O. The summed E-state index contributed by atoms with van der Waals surface area (Å²) >= 11 is 0. The maximum absolute atomic E-state index is 10.0. The van der Waals surface area contributed by atoms with E-state index in [1.807, 2.05) is 13.8 Å². The zero-order valence-corrected chi connectivity index (χ0v) is 7.78. The number of nitrogens with zero attached hydrogens (tertiary/aromatic N) is 3. The highest BCUT2D eigenvalue weighted by atomic mass is 16.3. The molecule has 1 aromatic rings. The van der Waals surface area contributed by atoms with E-state index in [-0.39, 0.29) is 0 Å². The van der Waals surface area contributed by atoms with Gasteiger partial charge in [-0.15, -0.1) is 0 Å². The number of aryl methyl sites for hydroxylation is 1. The lowest BCUT2D eigenvalue weighted by atomic mass is 9.97. The molecule has 0 unspecified atom stereocenters. The lowest BCUT2D eigenvalue weighted by Gasteiger charge is -2.23. The summed E-state index contributed by atoms with van der Waals surface area (Å²) in [5.41, 5.74) is -0.814. The van der Waals surface area contributed by atoms with Crippen LogP contribution in [0.5, 0.6) is 0 Å². The van der Waals surface area contributed by atoms with Crippen molar-refractivity contribution in [3.8, 4) is 0 Å². The third-order valence-corrected chi connectivity index (χ3v) is 2.30. The standard InChI is InChI=1S/C8H15N3O/c1-4-8(12,5-2)7-9-6-10-11(7)3/h6,12H,4-5H2,1-3H3. The van der Waals surface area contributed by atoms with Gasteiger partial charge in [-0.25, -0.2) is 4.98 Å². The molecule has 0 aliphatic rings. The SMILES string of the molecule is CCC(O)(CC)c1ncnn1C. The molecule has 68 valence electrons. The highest BCUT2D eigenvalue weighted by Gasteiger charge is 2.29. The van der Waals surface area contributed by atoms with Crippen molar-refractivity contribution in [1.29, 1.82) is 0 Å². The molecule has 0 saturated carbocycles. The van der Waals surface area contributed by atoms with Crippen LogP contribution in [0, 0.1) is 0 Å². The molecule has 0 amide bonds.